The number of hydrogen-bond donors (Lipinski definition) is 1. The van der Waals surface area contributed by atoms with Gasteiger partial charge in [0.05, 0.1) is 18.5 Å². The molecular formula is C23H22ClFN2O4S. The lowest BCUT2D eigenvalue weighted by Crippen LogP contribution is -2.29. The number of carbonyl (C=O) groups is 1. The lowest BCUT2D eigenvalue weighted by molar-refractivity contribution is -0.118. The van der Waals surface area contributed by atoms with Gasteiger partial charge in [0, 0.05) is 10.7 Å². The molecule has 6 nitrogen and oxygen atoms in total. The van der Waals surface area contributed by atoms with E-state index in [2.05, 4.69) is 5.32 Å². The average Bonchev–Trinajstić information content (AvgIpc) is 2.74. The van der Waals surface area contributed by atoms with E-state index in [9.17, 15) is 17.6 Å². The van der Waals surface area contributed by atoms with Crippen LogP contribution in [0.15, 0.2) is 66.7 Å². The molecule has 0 aromatic heterocycles. The molecule has 0 fully saturated rings. The molecule has 9 heteroatoms. The lowest BCUT2D eigenvalue weighted by Gasteiger charge is -2.22. The Hall–Kier alpha value is -3.10. The first-order valence-electron chi connectivity index (χ1n) is 9.63. The van der Waals surface area contributed by atoms with E-state index in [1.54, 1.807) is 42.5 Å². The molecule has 0 aliphatic heterocycles. The van der Waals surface area contributed by atoms with E-state index in [1.807, 2.05) is 6.92 Å². The molecule has 0 aliphatic carbocycles. The van der Waals surface area contributed by atoms with Crippen molar-refractivity contribution in [3.05, 3.63) is 88.7 Å². The highest BCUT2D eigenvalue weighted by Gasteiger charge is 2.18. The molecule has 0 atom stereocenters. The number of halogens is 2. The summed E-state index contributed by atoms with van der Waals surface area (Å²) in [7, 11) is -3.58. The molecule has 0 heterocycles. The fourth-order valence-electron chi connectivity index (χ4n) is 2.88. The highest BCUT2D eigenvalue weighted by molar-refractivity contribution is 7.92. The first-order valence-corrected chi connectivity index (χ1v) is 11.9. The first kappa shape index (κ1) is 23.6. The fraction of sp³-hybridized carbons (Fsp3) is 0.174. The van der Waals surface area contributed by atoms with Crippen molar-refractivity contribution in [1.82, 2.24) is 0 Å². The number of rotatable bonds is 8. The molecule has 1 N–H and O–H groups in total. The van der Waals surface area contributed by atoms with Gasteiger partial charge in [0.2, 0.25) is 10.0 Å². The Morgan fingerprint density at radius 1 is 1.06 bits per heavy atom. The monoisotopic (exact) mass is 476 g/mol. The molecule has 3 aromatic carbocycles. The van der Waals surface area contributed by atoms with Crippen LogP contribution in [0.2, 0.25) is 5.02 Å². The van der Waals surface area contributed by atoms with Gasteiger partial charge in [-0.2, -0.15) is 0 Å². The van der Waals surface area contributed by atoms with Crippen LogP contribution in [0.3, 0.4) is 0 Å². The maximum Gasteiger partial charge on any atom is 0.262 e. The van der Waals surface area contributed by atoms with Gasteiger partial charge in [-0.05, 0) is 66.6 Å². The largest absolute Gasteiger partial charge is 0.484 e. The van der Waals surface area contributed by atoms with Crippen molar-refractivity contribution in [3.8, 4) is 5.75 Å². The van der Waals surface area contributed by atoms with Crippen molar-refractivity contribution in [2.24, 2.45) is 0 Å². The van der Waals surface area contributed by atoms with E-state index in [4.69, 9.17) is 16.3 Å². The van der Waals surface area contributed by atoms with Crippen LogP contribution in [0.5, 0.6) is 5.75 Å². The molecule has 3 aromatic rings. The Kier molecular flexibility index (Phi) is 7.37. The second-order valence-electron chi connectivity index (χ2n) is 7.19. The van der Waals surface area contributed by atoms with Crippen LogP contribution in [0.4, 0.5) is 15.8 Å². The smallest absolute Gasteiger partial charge is 0.262 e. The van der Waals surface area contributed by atoms with Crippen molar-refractivity contribution < 1.29 is 22.3 Å². The summed E-state index contributed by atoms with van der Waals surface area (Å²) in [5.74, 6) is -0.347. The number of ether oxygens (including phenoxy) is 1. The summed E-state index contributed by atoms with van der Waals surface area (Å²) in [6, 6.07) is 17.1. The summed E-state index contributed by atoms with van der Waals surface area (Å²) < 4.78 is 44.4. The summed E-state index contributed by atoms with van der Waals surface area (Å²) in [6.45, 7) is 1.70. The standard InChI is InChI=1S/C23H22ClFN2O4S/c1-16-3-8-19(13-22(16)24)26-23(28)15-31-21-11-9-20(10-12-21)27(32(2,29)30)14-17-4-6-18(25)7-5-17/h3-13H,14-15H2,1-2H3,(H,26,28). The average molecular weight is 477 g/mol. The van der Waals surface area contributed by atoms with Crippen LogP contribution < -0.4 is 14.4 Å². The van der Waals surface area contributed by atoms with Gasteiger partial charge >= 0.3 is 0 Å². The highest BCUT2D eigenvalue weighted by Crippen LogP contribution is 2.24. The van der Waals surface area contributed by atoms with Gasteiger partial charge in [0.25, 0.3) is 5.91 Å². The predicted molar refractivity (Wildman–Crippen MR) is 124 cm³/mol. The maximum absolute atomic E-state index is 13.1. The minimum Gasteiger partial charge on any atom is -0.484 e. The fourth-order valence-corrected chi connectivity index (χ4v) is 3.95. The van der Waals surface area contributed by atoms with Crippen LogP contribution in [-0.4, -0.2) is 27.2 Å². The van der Waals surface area contributed by atoms with Gasteiger partial charge in [-0.1, -0.05) is 29.8 Å². The highest BCUT2D eigenvalue weighted by atomic mass is 35.5. The molecule has 0 saturated heterocycles. The number of nitrogens with one attached hydrogen (secondary N) is 1. The molecule has 0 spiro atoms. The molecule has 0 saturated carbocycles. The van der Waals surface area contributed by atoms with E-state index < -0.39 is 15.8 Å². The molecule has 0 radical (unpaired) electrons. The molecule has 0 aliphatic rings. The van der Waals surface area contributed by atoms with E-state index >= 15 is 0 Å². The third-order valence-electron chi connectivity index (χ3n) is 4.59. The molecule has 168 valence electrons. The number of carbonyl (C=O) groups excluding carboxylic acids is 1. The van der Waals surface area contributed by atoms with Gasteiger partial charge in [0.15, 0.2) is 6.61 Å². The van der Waals surface area contributed by atoms with Crippen LogP contribution in [0, 0.1) is 12.7 Å². The van der Waals surface area contributed by atoms with Crippen molar-refractivity contribution >= 4 is 38.9 Å². The van der Waals surface area contributed by atoms with Crippen LogP contribution in [-0.2, 0) is 21.4 Å². The summed E-state index contributed by atoms with van der Waals surface area (Å²) in [4.78, 5) is 12.1. The Labute approximate surface area is 191 Å². The Morgan fingerprint density at radius 2 is 1.72 bits per heavy atom. The first-order chi connectivity index (χ1) is 15.1. The van der Waals surface area contributed by atoms with Gasteiger partial charge in [-0.25, -0.2) is 12.8 Å². The van der Waals surface area contributed by atoms with Gasteiger partial charge in [-0.3, -0.25) is 9.10 Å². The zero-order chi connectivity index (χ0) is 23.3. The van der Waals surface area contributed by atoms with E-state index in [-0.39, 0.29) is 19.1 Å². The zero-order valence-electron chi connectivity index (χ0n) is 17.5. The third-order valence-corrected chi connectivity index (χ3v) is 6.14. The number of amides is 1. The van der Waals surface area contributed by atoms with Crippen LogP contribution >= 0.6 is 11.6 Å². The number of hydrogen-bond acceptors (Lipinski definition) is 4. The van der Waals surface area contributed by atoms with E-state index in [0.29, 0.717) is 27.7 Å². The molecular weight excluding hydrogens is 455 g/mol. The lowest BCUT2D eigenvalue weighted by atomic mass is 10.2. The summed E-state index contributed by atoms with van der Waals surface area (Å²) >= 11 is 6.05. The number of benzene rings is 3. The van der Waals surface area contributed by atoms with Gasteiger partial charge < -0.3 is 10.1 Å². The molecule has 32 heavy (non-hydrogen) atoms. The zero-order valence-corrected chi connectivity index (χ0v) is 19.1. The van der Waals surface area contributed by atoms with E-state index in [1.165, 1.54) is 28.6 Å². The molecule has 0 bridgehead atoms. The second-order valence-corrected chi connectivity index (χ2v) is 9.50. The SMILES string of the molecule is Cc1ccc(NC(=O)COc2ccc(N(Cc3ccc(F)cc3)S(C)(=O)=O)cc2)cc1Cl. The Balaban J connectivity index is 1.63. The summed E-state index contributed by atoms with van der Waals surface area (Å²) in [5, 5.41) is 3.25. The van der Waals surface area contributed by atoms with Crippen molar-refractivity contribution in [1.29, 1.82) is 0 Å². The number of sulfonamides is 1. The van der Waals surface area contributed by atoms with Crippen molar-refractivity contribution in [3.63, 3.8) is 0 Å². The second kappa shape index (κ2) is 10.0. The summed E-state index contributed by atoms with van der Waals surface area (Å²) in [6.07, 6.45) is 1.10. The van der Waals surface area contributed by atoms with Gasteiger partial charge in [-0.15, -0.1) is 0 Å². The number of nitrogens with zero attached hydrogens (tertiary/aromatic N) is 1. The van der Waals surface area contributed by atoms with Crippen LogP contribution in [0.1, 0.15) is 11.1 Å². The van der Waals surface area contributed by atoms with Crippen molar-refractivity contribution in [2.75, 3.05) is 22.5 Å². The number of aryl methyl sites for hydroxylation is 1. The van der Waals surface area contributed by atoms with Gasteiger partial charge in [0.1, 0.15) is 11.6 Å². The summed E-state index contributed by atoms with van der Waals surface area (Å²) in [5.41, 5.74) is 2.53. The maximum atomic E-state index is 13.1. The molecule has 3 rings (SSSR count). The normalized spacial score (nSPS) is 11.1. The molecule has 0 unspecified atom stereocenters. The topological polar surface area (TPSA) is 75.7 Å². The minimum atomic E-state index is -3.58. The Bertz CT molecular complexity index is 1200. The van der Waals surface area contributed by atoms with E-state index in [0.717, 1.165) is 11.8 Å². The third kappa shape index (κ3) is 6.45. The molecule has 1 amide bonds. The van der Waals surface area contributed by atoms with Crippen molar-refractivity contribution in [2.45, 2.75) is 13.5 Å². The predicted octanol–water partition coefficient (Wildman–Crippen LogP) is 4.77. The quantitative estimate of drug-likeness (QED) is 0.508. The minimum absolute atomic E-state index is 0.0564. The van der Waals surface area contributed by atoms with Crippen LogP contribution in [0.25, 0.3) is 0 Å². The Morgan fingerprint density at radius 3 is 2.31 bits per heavy atom. The number of anilines is 2.